The average Bonchev–Trinajstić information content (AvgIpc) is 2.06. The molecule has 0 bridgehead atoms. The SMILES string of the molecule is CC(C)N(CC(N)=S)C(=O)NC1CCC1. The molecule has 86 valence electrons. The minimum absolute atomic E-state index is 0.0532. The van der Waals surface area contributed by atoms with Gasteiger partial charge in [-0.25, -0.2) is 4.79 Å². The van der Waals surface area contributed by atoms with Crippen LogP contribution in [0.5, 0.6) is 0 Å². The van der Waals surface area contributed by atoms with Crippen molar-refractivity contribution in [1.29, 1.82) is 0 Å². The number of carbonyl (C=O) groups is 1. The van der Waals surface area contributed by atoms with Crippen LogP contribution in [-0.4, -0.2) is 34.5 Å². The average molecular weight is 229 g/mol. The molecule has 0 aromatic carbocycles. The lowest BCUT2D eigenvalue weighted by molar-refractivity contribution is 0.181. The van der Waals surface area contributed by atoms with E-state index >= 15 is 0 Å². The highest BCUT2D eigenvalue weighted by Gasteiger charge is 2.24. The van der Waals surface area contributed by atoms with Crippen molar-refractivity contribution >= 4 is 23.2 Å². The number of urea groups is 1. The minimum atomic E-state index is -0.0532. The maximum absolute atomic E-state index is 11.8. The summed E-state index contributed by atoms with van der Waals surface area (Å²) in [7, 11) is 0. The Kier molecular flexibility index (Phi) is 4.32. The van der Waals surface area contributed by atoms with Crippen molar-refractivity contribution in [2.45, 2.75) is 45.2 Å². The molecule has 0 heterocycles. The van der Waals surface area contributed by atoms with Crippen LogP contribution in [0, 0.1) is 0 Å². The normalized spacial score (nSPS) is 15.9. The van der Waals surface area contributed by atoms with Crippen LogP contribution in [0.25, 0.3) is 0 Å². The Morgan fingerprint density at radius 2 is 2.20 bits per heavy atom. The highest BCUT2D eigenvalue weighted by Crippen LogP contribution is 2.18. The van der Waals surface area contributed by atoms with E-state index < -0.39 is 0 Å². The third-order valence-corrected chi connectivity index (χ3v) is 2.77. The molecule has 0 spiro atoms. The maximum Gasteiger partial charge on any atom is 0.318 e. The molecule has 0 aliphatic heterocycles. The number of carbonyl (C=O) groups excluding carboxylic acids is 1. The summed E-state index contributed by atoms with van der Waals surface area (Å²) in [5.74, 6) is 0. The van der Waals surface area contributed by atoms with Crippen LogP contribution in [0.15, 0.2) is 0 Å². The molecule has 0 aromatic heterocycles. The van der Waals surface area contributed by atoms with Gasteiger partial charge in [0.2, 0.25) is 0 Å². The van der Waals surface area contributed by atoms with Gasteiger partial charge in [0.25, 0.3) is 0 Å². The van der Waals surface area contributed by atoms with Crippen LogP contribution in [0.4, 0.5) is 4.79 Å². The quantitative estimate of drug-likeness (QED) is 0.713. The lowest BCUT2D eigenvalue weighted by Crippen LogP contribution is -2.51. The molecule has 3 N–H and O–H groups in total. The van der Waals surface area contributed by atoms with Gasteiger partial charge < -0.3 is 16.0 Å². The van der Waals surface area contributed by atoms with E-state index in [9.17, 15) is 4.79 Å². The van der Waals surface area contributed by atoms with Crippen LogP contribution in [0.2, 0.25) is 0 Å². The maximum atomic E-state index is 11.8. The number of nitrogens with two attached hydrogens (primary N) is 1. The number of amides is 2. The number of nitrogens with zero attached hydrogens (tertiary/aromatic N) is 1. The molecule has 1 fully saturated rings. The first kappa shape index (κ1) is 12.2. The molecule has 5 heteroatoms. The van der Waals surface area contributed by atoms with Gasteiger partial charge in [-0.05, 0) is 33.1 Å². The van der Waals surface area contributed by atoms with Gasteiger partial charge in [0, 0.05) is 12.1 Å². The van der Waals surface area contributed by atoms with Gasteiger partial charge in [-0.1, -0.05) is 12.2 Å². The van der Waals surface area contributed by atoms with E-state index in [1.165, 1.54) is 6.42 Å². The first-order chi connectivity index (χ1) is 7.00. The zero-order valence-corrected chi connectivity index (χ0v) is 10.1. The van der Waals surface area contributed by atoms with Gasteiger partial charge in [-0.3, -0.25) is 0 Å². The van der Waals surface area contributed by atoms with E-state index in [0.717, 1.165) is 12.8 Å². The Bertz CT molecular complexity index is 251. The Hall–Kier alpha value is -0.840. The van der Waals surface area contributed by atoms with Crippen molar-refractivity contribution < 1.29 is 4.79 Å². The number of nitrogens with one attached hydrogen (secondary N) is 1. The summed E-state index contributed by atoms with van der Waals surface area (Å²) in [5.41, 5.74) is 5.46. The van der Waals surface area contributed by atoms with Gasteiger partial charge in [0.1, 0.15) is 0 Å². The summed E-state index contributed by atoms with van der Waals surface area (Å²) in [4.78, 5) is 13.8. The Morgan fingerprint density at radius 3 is 2.53 bits per heavy atom. The molecule has 1 rings (SSSR count). The van der Waals surface area contributed by atoms with E-state index in [1.807, 2.05) is 13.8 Å². The van der Waals surface area contributed by atoms with Gasteiger partial charge in [0.05, 0.1) is 11.5 Å². The van der Waals surface area contributed by atoms with Crippen molar-refractivity contribution in [2.24, 2.45) is 5.73 Å². The third kappa shape index (κ3) is 3.66. The highest BCUT2D eigenvalue weighted by molar-refractivity contribution is 7.80. The predicted molar refractivity (Wildman–Crippen MR) is 64.8 cm³/mol. The third-order valence-electron chi connectivity index (χ3n) is 2.64. The van der Waals surface area contributed by atoms with Crippen molar-refractivity contribution in [1.82, 2.24) is 10.2 Å². The molecule has 0 atom stereocenters. The van der Waals surface area contributed by atoms with E-state index in [-0.39, 0.29) is 12.1 Å². The number of thiocarbonyl (C=S) groups is 1. The topological polar surface area (TPSA) is 58.4 Å². The van der Waals surface area contributed by atoms with E-state index in [1.54, 1.807) is 4.90 Å². The Morgan fingerprint density at radius 1 is 1.60 bits per heavy atom. The second-order valence-corrected chi connectivity index (χ2v) is 4.79. The lowest BCUT2D eigenvalue weighted by Gasteiger charge is -2.32. The molecule has 4 nitrogen and oxygen atoms in total. The first-order valence-corrected chi connectivity index (χ1v) is 5.77. The number of rotatable bonds is 4. The van der Waals surface area contributed by atoms with Gasteiger partial charge in [0.15, 0.2) is 0 Å². The van der Waals surface area contributed by atoms with Gasteiger partial charge in [-0.15, -0.1) is 0 Å². The second-order valence-electron chi connectivity index (χ2n) is 4.27. The summed E-state index contributed by atoms with van der Waals surface area (Å²) in [6.45, 7) is 4.27. The first-order valence-electron chi connectivity index (χ1n) is 5.36. The molecule has 1 aliphatic rings. The van der Waals surface area contributed by atoms with E-state index in [2.05, 4.69) is 5.32 Å². The lowest BCUT2D eigenvalue weighted by atomic mass is 9.93. The molecule has 1 aliphatic carbocycles. The molecular weight excluding hydrogens is 210 g/mol. The fourth-order valence-corrected chi connectivity index (χ4v) is 1.61. The molecule has 0 radical (unpaired) electrons. The van der Waals surface area contributed by atoms with Gasteiger partial charge in [-0.2, -0.15) is 0 Å². The predicted octanol–water partition coefficient (Wildman–Crippen LogP) is 1.25. The molecule has 15 heavy (non-hydrogen) atoms. The smallest absolute Gasteiger partial charge is 0.318 e. The van der Waals surface area contributed by atoms with Crippen molar-refractivity contribution in [2.75, 3.05) is 6.54 Å². The molecule has 2 amide bonds. The van der Waals surface area contributed by atoms with Gasteiger partial charge >= 0.3 is 6.03 Å². The van der Waals surface area contributed by atoms with Crippen LogP contribution in [0.1, 0.15) is 33.1 Å². The fraction of sp³-hybridized carbons (Fsp3) is 0.800. The summed E-state index contributed by atoms with van der Waals surface area (Å²) >= 11 is 4.82. The van der Waals surface area contributed by atoms with Crippen LogP contribution in [-0.2, 0) is 0 Å². The van der Waals surface area contributed by atoms with E-state index in [4.69, 9.17) is 18.0 Å². The second kappa shape index (κ2) is 5.30. The van der Waals surface area contributed by atoms with Crippen molar-refractivity contribution in [3.63, 3.8) is 0 Å². The zero-order chi connectivity index (χ0) is 11.4. The summed E-state index contributed by atoms with van der Waals surface area (Å²) in [6.07, 6.45) is 3.39. The summed E-state index contributed by atoms with van der Waals surface area (Å²) < 4.78 is 0. The molecule has 1 saturated carbocycles. The molecule has 0 aromatic rings. The van der Waals surface area contributed by atoms with Crippen molar-refractivity contribution in [3.8, 4) is 0 Å². The fourth-order valence-electron chi connectivity index (χ4n) is 1.47. The largest absolute Gasteiger partial charge is 0.392 e. The standard InChI is InChI=1S/C10H19N3OS/c1-7(2)13(6-9(11)15)10(14)12-8-4-3-5-8/h7-8H,3-6H2,1-2H3,(H2,11,15)(H,12,14). The molecular formula is C10H19N3OS. The summed E-state index contributed by atoms with van der Waals surface area (Å²) in [6, 6.07) is 0.416. The molecule has 0 saturated heterocycles. The zero-order valence-electron chi connectivity index (χ0n) is 9.32. The van der Waals surface area contributed by atoms with Crippen LogP contribution >= 0.6 is 12.2 Å². The monoisotopic (exact) mass is 229 g/mol. The van der Waals surface area contributed by atoms with Crippen LogP contribution < -0.4 is 11.1 Å². The Labute approximate surface area is 96.2 Å². The highest BCUT2D eigenvalue weighted by atomic mass is 32.1. The van der Waals surface area contributed by atoms with Crippen molar-refractivity contribution in [3.05, 3.63) is 0 Å². The van der Waals surface area contributed by atoms with E-state index in [0.29, 0.717) is 17.6 Å². The number of hydrogen-bond acceptors (Lipinski definition) is 2. The van der Waals surface area contributed by atoms with Crippen LogP contribution in [0.3, 0.4) is 0 Å². The molecule has 0 unspecified atom stereocenters. The summed E-state index contributed by atoms with van der Waals surface area (Å²) in [5, 5.41) is 2.97. The Balaban J connectivity index is 2.46. The number of hydrogen-bond donors (Lipinski definition) is 2. The minimum Gasteiger partial charge on any atom is -0.392 e.